The zero-order valence-electron chi connectivity index (χ0n) is 33.7. The van der Waals surface area contributed by atoms with Crippen molar-refractivity contribution in [1.29, 1.82) is 0 Å². The number of anilines is 3. The molecule has 0 saturated heterocycles. The fourth-order valence-electron chi connectivity index (χ4n) is 10.7. The van der Waals surface area contributed by atoms with Crippen LogP contribution in [-0.2, 0) is 31.1 Å². The standard InChI is InChI=1S/C57H49N/c1-57(2)54-24-14-13-23-50(54)52-36-53(51-35-44-19-9-10-20-47(44)48-21-11-12-22-49(48)51)56(37-55(52)57)58(45-30-27-40(28-31-45)38-15-5-3-6-16-38)46-32-29-42-33-41(25-26-43(42)34-46)39-17-7-4-8-18-39/h3-8,13-18,23-37H,9-12,19-22H2,1-2H3. The van der Waals surface area contributed by atoms with E-state index in [4.69, 9.17) is 0 Å². The SMILES string of the molecule is CC1(C)c2ccccc2-c2cc(-c3cc4c(c5c3CCCC5)CCCC4)c(N(c3ccc(-c4ccccc4)cc3)c3ccc4cc(-c5ccccc5)ccc4c3)cc21. The average Bonchev–Trinajstić information content (AvgIpc) is 3.51. The third kappa shape index (κ3) is 5.82. The Kier molecular flexibility index (Phi) is 8.47. The molecule has 3 aliphatic rings. The van der Waals surface area contributed by atoms with E-state index in [0.29, 0.717) is 0 Å². The van der Waals surface area contributed by atoms with Crippen molar-refractivity contribution in [3.05, 3.63) is 197 Å². The lowest BCUT2D eigenvalue weighted by Gasteiger charge is -2.33. The second-order valence-electron chi connectivity index (χ2n) is 17.4. The molecule has 0 bridgehead atoms. The summed E-state index contributed by atoms with van der Waals surface area (Å²) in [6.07, 6.45) is 9.94. The molecule has 8 aromatic carbocycles. The Morgan fingerprint density at radius 3 is 1.74 bits per heavy atom. The Morgan fingerprint density at radius 1 is 0.379 bits per heavy atom. The number of hydrogen-bond acceptors (Lipinski definition) is 1. The molecule has 282 valence electrons. The van der Waals surface area contributed by atoms with Gasteiger partial charge in [-0.05, 0) is 177 Å². The molecule has 0 aliphatic heterocycles. The van der Waals surface area contributed by atoms with Gasteiger partial charge in [-0.25, -0.2) is 0 Å². The Hall–Kier alpha value is -6.18. The lowest BCUT2D eigenvalue weighted by Crippen LogP contribution is -2.18. The summed E-state index contributed by atoms with van der Waals surface area (Å²) in [7, 11) is 0. The van der Waals surface area contributed by atoms with Crippen molar-refractivity contribution in [1.82, 2.24) is 0 Å². The Labute approximate surface area is 343 Å². The highest BCUT2D eigenvalue weighted by Gasteiger charge is 2.37. The van der Waals surface area contributed by atoms with Gasteiger partial charge in [-0.1, -0.05) is 135 Å². The van der Waals surface area contributed by atoms with E-state index in [1.165, 1.54) is 128 Å². The van der Waals surface area contributed by atoms with Crippen molar-refractivity contribution < 1.29 is 0 Å². The maximum Gasteiger partial charge on any atom is 0.0543 e. The van der Waals surface area contributed by atoms with E-state index < -0.39 is 0 Å². The van der Waals surface area contributed by atoms with E-state index >= 15 is 0 Å². The molecule has 0 radical (unpaired) electrons. The predicted octanol–water partition coefficient (Wildman–Crippen LogP) is 15.4. The van der Waals surface area contributed by atoms with Crippen LogP contribution < -0.4 is 4.90 Å². The van der Waals surface area contributed by atoms with Gasteiger partial charge in [0.15, 0.2) is 0 Å². The van der Waals surface area contributed by atoms with Crippen molar-refractivity contribution in [3.8, 4) is 44.5 Å². The van der Waals surface area contributed by atoms with Gasteiger partial charge >= 0.3 is 0 Å². The van der Waals surface area contributed by atoms with E-state index in [-0.39, 0.29) is 5.41 Å². The van der Waals surface area contributed by atoms with Gasteiger partial charge in [-0.2, -0.15) is 0 Å². The summed E-state index contributed by atoms with van der Waals surface area (Å²) in [5.74, 6) is 0. The summed E-state index contributed by atoms with van der Waals surface area (Å²) in [6, 6.07) is 61.7. The summed E-state index contributed by atoms with van der Waals surface area (Å²) in [5, 5.41) is 2.49. The number of benzene rings is 8. The number of rotatable bonds is 6. The van der Waals surface area contributed by atoms with Crippen LogP contribution in [0.1, 0.15) is 72.9 Å². The van der Waals surface area contributed by atoms with Gasteiger partial charge in [0.1, 0.15) is 0 Å². The maximum absolute atomic E-state index is 2.64. The van der Waals surface area contributed by atoms with Crippen LogP contribution in [0.5, 0.6) is 0 Å². The lowest BCUT2D eigenvalue weighted by atomic mass is 9.76. The first kappa shape index (κ1) is 35.0. The minimum Gasteiger partial charge on any atom is -0.310 e. The smallest absolute Gasteiger partial charge is 0.0543 e. The number of fused-ring (bicyclic) bond motifs is 7. The molecule has 0 heterocycles. The summed E-state index contributed by atoms with van der Waals surface area (Å²) < 4.78 is 0. The van der Waals surface area contributed by atoms with Gasteiger partial charge in [0.05, 0.1) is 5.69 Å². The molecule has 58 heavy (non-hydrogen) atoms. The third-order valence-corrected chi connectivity index (χ3v) is 13.6. The molecule has 0 saturated carbocycles. The fraction of sp³-hybridized carbons (Fsp3) is 0.193. The van der Waals surface area contributed by atoms with Crippen molar-refractivity contribution >= 4 is 27.8 Å². The monoisotopic (exact) mass is 747 g/mol. The molecule has 0 amide bonds. The molecule has 0 fully saturated rings. The summed E-state index contributed by atoms with van der Waals surface area (Å²) in [4.78, 5) is 2.57. The van der Waals surface area contributed by atoms with Crippen LogP contribution in [0.25, 0.3) is 55.3 Å². The van der Waals surface area contributed by atoms with E-state index in [1.807, 2.05) is 0 Å². The number of hydrogen-bond donors (Lipinski definition) is 0. The van der Waals surface area contributed by atoms with Gasteiger partial charge in [0, 0.05) is 22.4 Å². The molecular weight excluding hydrogens is 699 g/mol. The largest absolute Gasteiger partial charge is 0.310 e. The molecule has 3 aliphatic carbocycles. The highest BCUT2D eigenvalue weighted by atomic mass is 15.1. The minimum atomic E-state index is -0.130. The molecule has 1 nitrogen and oxygen atoms in total. The summed E-state index contributed by atoms with van der Waals surface area (Å²) in [6.45, 7) is 4.84. The molecule has 1 heteroatoms. The molecular formula is C57H49N. The number of aryl methyl sites for hydroxylation is 1. The molecule has 0 spiro atoms. The predicted molar refractivity (Wildman–Crippen MR) is 246 cm³/mol. The normalized spacial score (nSPS) is 15.0. The highest BCUT2D eigenvalue weighted by molar-refractivity contribution is 5.98. The first-order valence-electron chi connectivity index (χ1n) is 21.5. The Bertz CT molecular complexity index is 2840. The zero-order chi connectivity index (χ0) is 38.8. The molecule has 0 aromatic heterocycles. The van der Waals surface area contributed by atoms with Crippen molar-refractivity contribution in [2.24, 2.45) is 0 Å². The van der Waals surface area contributed by atoms with E-state index in [2.05, 4.69) is 183 Å². The van der Waals surface area contributed by atoms with Crippen molar-refractivity contribution in [2.75, 3.05) is 4.90 Å². The Morgan fingerprint density at radius 2 is 0.966 bits per heavy atom. The van der Waals surface area contributed by atoms with Crippen LogP contribution in [0, 0.1) is 0 Å². The second kappa shape index (κ2) is 14.0. The first-order valence-corrected chi connectivity index (χ1v) is 21.5. The van der Waals surface area contributed by atoms with Gasteiger partial charge < -0.3 is 4.90 Å². The fourth-order valence-corrected chi connectivity index (χ4v) is 10.7. The molecule has 0 N–H and O–H groups in total. The van der Waals surface area contributed by atoms with Crippen LogP contribution >= 0.6 is 0 Å². The van der Waals surface area contributed by atoms with E-state index in [1.54, 1.807) is 22.3 Å². The summed E-state index contributed by atoms with van der Waals surface area (Å²) >= 11 is 0. The van der Waals surface area contributed by atoms with Crippen molar-refractivity contribution in [2.45, 2.75) is 70.6 Å². The quantitative estimate of drug-likeness (QED) is 0.164. The van der Waals surface area contributed by atoms with E-state index in [9.17, 15) is 0 Å². The van der Waals surface area contributed by atoms with Crippen LogP contribution in [0.3, 0.4) is 0 Å². The van der Waals surface area contributed by atoms with Gasteiger partial charge in [-0.3, -0.25) is 0 Å². The summed E-state index contributed by atoms with van der Waals surface area (Å²) in [5.41, 5.74) is 23.3. The van der Waals surface area contributed by atoms with E-state index in [0.717, 1.165) is 6.42 Å². The van der Waals surface area contributed by atoms with Gasteiger partial charge in [0.2, 0.25) is 0 Å². The Balaban J connectivity index is 1.17. The van der Waals surface area contributed by atoms with Crippen LogP contribution in [0.15, 0.2) is 164 Å². The van der Waals surface area contributed by atoms with Gasteiger partial charge in [0.25, 0.3) is 0 Å². The van der Waals surface area contributed by atoms with Crippen LogP contribution in [0.2, 0.25) is 0 Å². The molecule has 8 aromatic rings. The first-order chi connectivity index (χ1) is 28.5. The maximum atomic E-state index is 2.64. The molecule has 0 unspecified atom stereocenters. The molecule has 0 atom stereocenters. The zero-order valence-corrected chi connectivity index (χ0v) is 33.7. The van der Waals surface area contributed by atoms with Gasteiger partial charge in [-0.15, -0.1) is 0 Å². The number of nitrogens with zero attached hydrogens (tertiary/aromatic N) is 1. The van der Waals surface area contributed by atoms with Crippen molar-refractivity contribution in [3.63, 3.8) is 0 Å². The average molecular weight is 748 g/mol. The second-order valence-corrected chi connectivity index (χ2v) is 17.4. The lowest BCUT2D eigenvalue weighted by molar-refractivity contribution is 0.641. The topological polar surface area (TPSA) is 3.24 Å². The minimum absolute atomic E-state index is 0.130. The van der Waals surface area contributed by atoms with Crippen LogP contribution in [0.4, 0.5) is 17.1 Å². The van der Waals surface area contributed by atoms with Crippen LogP contribution in [-0.4, -0.2) is 0 Å². The third-order valence-electron chi connectivity index (χ3n) is 13.6. The molecule has 11 rings (SSSR count). The highest BCUT2D eigenvalue weighted by Crippen LogP contribution is 2.55.